The van der Waals surface area contributed by atoms with Gasteiger partial charge in [0.05, 0.1) is 5.39 Å². The molecule has 0 saturated heterocycles. The molecule has 84 valence electrons. The maximum Gasteiger partial charge on any atom is 0.504 e. The highest BCUT2D eigenvalue weighted by atomic mass is 35.5. The van der Waals surface area contributed by atoms with Crippen molar-refractivity contribution in [1.82, 2.24) is 0 Å². The van der Waals surface area contributed by atoms with Crippen LogP contribution in [0.2, 0.25) is 5.02 Å². The van der Waals surface area contributed by atoms with Crippen LogP contribution in [0, 0.1) is 0 Å². The summed E-state index contributed by atoms with van der Waals surface area (Å²) >= 11 is 5.97. The Morgan fingerprint density at radius 2 is 2.06 bits per heavy atom. The van der Waals surface area contributed by atoms with Gasteiger partial charge < -0.3 is 14.1 Å². The Labute approximate surface area is 103 Å². The molecule has 0 aliphatic rings. The predicted octanol–water partition coefficient (Wildman–Crippen LogP) is 2.88. The minimum absolute atomic E-state index is 0.369. The van der Waals surface area contributed by atoms with Crippen LogP contribution in [0.25, 0.3) is 21.9 Å². The second kappa shape index (κ2) is 3.98. The molecule has 17 heavy (non-hydrogen) atoms. The van der Waals surface area contributed by atoms with Gasteiger partial charge in [-0.05, 0) is 30.3 Å². The van der Waals surface area contributed by atoms with Crippen LogP contribution in [0.4, 0.5) is 0 Å². The lowest BCUT2D eigenvalue weighted by Gasteiger charge is -2.02. The van der Waals surface area contributed by atoms with E-state index in [2.05, 4.69) is 0 Å². The predicted molar refractivity (Wildman–Crippen MR) is 68.7 cm³/mol. The molecule has 0 spiro atoms. The molecule has 3 aromatic rings. The Morgan fingerprint density at radius 3 is 2.88 bits per heavy atom. The third-order valence-corrected chi connectivity index (χ3v) is 2.87. The third kappa shape index (κ3) is 1.66. The van der Waals surface area contributed by atoms with Crippen molar-refractivity contribution in [3.05, 3.63) is 41.4 Å². The monoisotopic (exact) mass is 246 g/mol. The van der Waals surface area contributed by atoms with Gasteiger partial charge in [-0.1, -0.05) is 17.7 Å². The van der Waals surface area contributed by atoms with Crippen molar-refractivity contribution in [2.45, 2.75) is 0 Å². The maximum absolute atomic E-state index is 8.86. The molecule has 0 aliphatic carbocycles. The van der Waals surface area contributed by atoms with Crippen LogP contribution >= 0.6 is 11.6 Å². The van der Waals surface area contributed by atoms with Crippen LogP contribution in [-0.4, -0.2) is 12.7 Å². The smallest absolute Gasteiger partial charge is 0.504 e. The quantitative estimate of drug-likeness (QED) is 0.707. The number of benzene rings is 2. The molecule has 1 aromatic heterocycles. The summed E-state index contributed by atoms with van der Waals surface area (Å²) in [7, 11) is -0.369. The molecule has 0 bridgehead atoms. The van der Waals surface area contributed by atoms with E-state index >= 15 is 0 Å². The van der Waals surface area contributed by atoms with E-state index in [4.69, 9.17) is 25.7 Å². The van der Waals surface area contributed by atoms with Gasteiger partial charge in [-0.25, -0.2) is 0 Å². The Bertz CT molecular complexity index is 693. The molecule has 0 radical (unpaired) electrons. The molecule has 5 heteroatoms. The third-order valence-electron chi connectivity index (χ3n) is 2.64. The van der Waals surface area contributed by atoms with Crippen LogP contribution in [0.1, 0.15) is 0 Å². The molecule has 2 aromatic carbocycles. The average molecular weight is 246 g/mol. The van der Waals surface area contributed by atoms with E-state index in [0.29, 0.717) is 16.4 Å². The van der Waals surface area contributed by atoms with Crippen molar-refractivity contribution in [3.63, 3.8) is 0 Å². The Hall–Kier alpha value is -1.65. The van der Waals surface area contributed by atoms with E-state index in [1.54, 1.807) is 12.1 Å². The van der Waals surface area contributed by atoms with E-state index in [1.807, 2.05) is 24.3 Å². The number of fused-ring (bicyclic) bond motifs is 3. The molecule has 3 rings (SSSR count). The molecule has 3 nitrogen and oxygen atoms in total. The zero-order valence-corrected chi connectivity index (χ0v) is 9.57. The Kier molecular flexibility index (Phi) is 2.46. The van der Waals surface area contributed by atoms with Gasteiger partial charge in [-0.3, -0.25) is 0 Å². The lowest BCUT2D eigenvalue weighted by molar-refractivity contribution is 0.456. The number of halogens is 1. The summed E-state index contributed by atoms with van der Waals surface area (Å²) in [5, 5.41) is 11.2. The largest absolute Gasteiger partial charge is 0.538 e. The molecular weight excluding hydrogens is 238 g/mol. The number of rotatable bonds is 2. The number of furan rings is 1. The second-order valence-corrected chi connectivity index (χ2v) is 4.08. The van der Waals surface area contributed by atoms with Gasteiger partial charge >= 0.3 is 7.69 Å². The summed E-state index contributed by atoms with van der Waals surface area (Å²) in [6.07, 6.45) is 0. The van der Waals surface area contributed by atoms with E-state index in [-0.39, 0.29) is 7.69 Å². The van der Waals surface area contributed by atoms with Gasteiger partial charge in [0.1, 0.15) is 16.9 Å². The summed E-state index contributed by atoms with van der Waals surface area (Å²) < 4.78 is 10.9. The zero-order valence-electron chi connectivity index (χ0n) is 8.81. The molecule has 0 aliphatic heterocycles. The minimum atomic E-state index is -0.369. The molecule has 0 saturated carbocycles. The molecule has 0 amide bonds. The number of hydrogen-bond donors (Lipinski definition) is 1. The van der Waals surface area contributed by atoms with Crippen molar-refractivity contribution >= 4 is 41.2 Å². The summed E-state index contributed by atoms with van der Waals surface area (Å²) in [6.45, 7) is 0. The standard InChI is InChI=1S/C12H8BClO3/c14-7-4-5-9-8(6-7)12-10(16-9)2-1-3-11(12)17-13-15/h1-6,13,15H. The van der Waals surface area contributed by atoms with Crippen molar-refractivity contribution in [3.8, 4) is 5.75 Å². The second-order valence-electron chi connectivity index (χ2n) is 3.65. The normalized spacial score (nSPS) is 10.9. The highest BCUT2D eigenvalue weighted by molar-refractivity contribution is 6.32. The fraction of sp³-hybridized carbons (Fsp3) is 0. The summed E-state index contributed by atoms with van der Waals surface area (Å²) in [4.78, 5) is 0. The fourth-order valence-corrected chi connectivity index (χ4v) is 2.13. The summed E-state index contributed by atoms with van der Waals surface area (Å²) in [5.41, 5.74) is 1.46. The Morgan fingerprint density at radius 1 is 1.18 bits per heavy atom. The number of hydrogen-bond acceptors (Lipinski definition) is 3. The van der Waals surface area contributed by atoms with E-state index in [1.165, 1.54) is 0 Å². The Balaban J connectivity index is 2.43. The molecule has 1 heterocycles. The van der Waals surface area contributed by atoms with Gasteiger partial charge in [0, 0.05) is 10.4 Å². The topological polar surface area (TPSA) is 42.6 Å². The zero-order chi connectivity index (χ0) is 11.8. The van der Waals surface area contributed by atoms with Gasteiger partial charge in [0.2, 0.25) is 0 Å². The first kappa shape index (κ1) is 10.5. The molecule has 0 unspecified atom stereocenters. The van der Waals surface area contributed by atoms with Crippen molar-refractivity contribution in [2.75, 3.05) is 0 Å². The highest BCUT2D eigenvalue weighted by Crippen LogP contribution is 2.36. The first-order valence-corrected chi connectivity index (χ1v) is 5.52. The van der Waals surface area contributed by atoms with E-state index < -0.39 is 0 Å². The molecule has 0 fully saturated rings. The molecule has 0 atom stereocenters. The van der Waals surface area contributed by atoms with Gasteiger partial charge in [0.25, 0.3) is 0 Å². The van der Waals surface area contributed by atoms with Crippen LogP contribution in [-0.2, 0) is 0 Å². The molecule has 1 N–H and O–H groups in total. The van der Waals surface area contributed by atoms with Crippen LogP contribution in [0.5, 0.6) is 5.75 Å². The summed E-state index contributed by atoms with van der Waals surface area (Å²) in [6, 6.07) is 10.9. The van der Waals surface area contributed by atoms with Gasteiger partial charge in [-0.15, -0.1) is 0 Å². The lowest BCUT2D eigenvalue weighted by Crippen LogP contribution is -1.99. The van der Waals surface area contributed by atoms with Crippen LogP contribution in [0.15, 0.2) is 40.8 Å². The van der Waals surface area contributed by atoms with Crippen molar-refractivity contribution in [1.29, 1.82) is 0 Å². The SMILES string of the molecule is OBOc1cccc2oc3ccc(Cl)cc3c12. The van der Waals surface area contributed by atoms with Crippen molar-refractivity contribution < 1.29 is 14.1 Å². The molecular formula is C12H8BClO3. The van der Waals surface area contributed by atoms with E-state index in [9.17, 15) is 0 Å². The highest BCUT2D eigenvalue weighted by Gasteiger charge is 2.11. The first-order valence-electron chi connectivity index (χ1n) is 5.14. The van der Waals surface area contributed by atoms with E-state index in [0.717, 1.165) is 16.4 Å². The minimum Gasteiger partial charge on any atom is -0.538 e. The van der Waals surface area contributed by atoms with Crippen LogP contribution in [0.3, 0.4) is 0 Å². The van der Waals surface area contributed by atoms with Gasteiger partial charge in [-0.2, -0.15) is 0 Å². The summed E-state index contributed by atoms with van der Waals surface area (Å²) in [5.74, 6) is 0.589. The fourth-order valence-electron chi connectivity index (χ4n) is 1.96. The first-order chi connectivity index (χ1) is 8.29. The van der Waals surface area contributed by atoms with Crippen molar-refractivity contribution in [2.24, 2.45) is 0 Å². The maximum atomic E-state index is 8.86. The average Bonchev–Trinajstić information content (AvgIpc) is 2.68. The van der Waals surface area contributed by atoms with Crippen LogP contribution < -0.4 is 4.65 Å². The van der Waals surface area contributed by atoms with Gasteiger partial charge in [0.15, 0.2) is 0 Å². The lowest BCUT2D eigenvalue weighted by atomic mass is 10.1.